The number of nitrogens with one attached hydrogen (secondary N) is 1. The maximum absolute atomic E-state index is 14.0. The molecule has 1 N–H and O–H groups in total. The summed E-state index contributed by atoms with van der Waals surface area (Å²) in [5.74, 6) is -0.583. The Morgan fingerprint density at radius 1 is 1.00 bits per heavy atom. The zero-order valence-electron chi connectivity index (χ0n) is 19.1. The number of aryl methyl sites for hydroxylation is 1. The third-order valence-electron chi connectivity index (χ3n) is 6.71. The summed E-state index contributed by atoms with van der Waals surface area (Å²) in [6.07, 6.45) is -3.49. The Labute approximate surface area is 200 Å². The van der Waals surface area contributed by atoms with Gasteiger partial charge in [0.05, 0.1) is 12.2 Å². The molecule has 5 rings (SSSR count). The van der Waals surface area contributed by atoms with Gasteiger partial charge in [0, 0.05) is 38.3 Å². The number of benzene rings is 2. The fraction of sp³-hybridized carbons (Fsp3) is 0.360. The fourth-order valence-electron chi connectivity index (χ4n) is 4.73. The highest BCUT2D eigenvalue weighted by Gasteiger charge is 2.47. The highest BCUT2D eigenvalue weighted by molar-refractivity contribution is 5.99. The normalized spacial score (nSPS) is 20.4. The summed E-state index contributed by atoms with van der Waals surface area (Å²) in [4.78, 5) is 17.0. The number of carbonyl (C=O) groups is 1. The van der Waals surface area contributed by atoms with Gasteiger partial charge in [0.15, 0.2) is 6.04 Å². The van der Waals surface area contributed by atoms with Gasteiger partial charge in [0.25, 0.3) is 5.91 Å². The lowest BCUT2D eigenvalue weighted by molar-refractivity contribution is -0.173. The summed E-state index contributed by atoms with van der Waals surface area (Å²) in [6, 6.07) is 11.1. The van der Waals surface area contributed by atoms with E-state index in [2.05, 4.69) is 10.4 Å². The molecule has 0 saturated carbocycles. The molecule has 0 spiro atoms. The minimum absolute atomic E-state index is 0.0927. The summed E-state index contributed by atoms with van der Waals surface area (Å²) in [7, 11) is 0. The molecule has 35 heavy (non-hydrogen) atoms. The molecule has 10 heteroatoms. The molecule has 2 aromatic carbocycles. The number of carbonyl (C=O) groups excluding carboxylic acids is 1. The summed E-state index contributed by atoms with van der Waals surface area (Å²) >= 11 is 0. The smallest absolute Gasteiger partial charge is 0.368 e. The summed E-state index contributed by atoms with van der Waals surface area (Å²) in [5.41, 5.74) is 2.73. The van der Waals surface area contributed by atoms with E-state index in [0.29, 0.717) is 26.2 Å². The zero-order valence-corrected chi connectivity index (χ0v) is 19.1. The van der Waals surface area contributed by atoms with Crippen molar-refractivity contribution in [1.29, 1.82) is 0 Å². The number of hydrogen-bond donors (Lipinski definition) is 1. The average Bonchev–Trinajstić information content (AvgIpc) is 3.27. The van der Waals surface area contributed by atoms with Crippen LogP contribution in [0.4, 0.5) is 29.1 Å². The van der Waals surface area contributed by atoms with Crippen LogP contribution in [0.2, 0.25) is 0 Å². The molecule has 3 heterocycles. The first-order valence-corrected chi connectivity index (χ1v) is 11.5. The SMILES string of the molecule is Cc1ccc(C2CC(C(F)(F)F)n3ncc(C(=O)N4CCN(c5ccc(F)cc5)CC4)c3N2)cc1. The van der Waals surface area contributed by atoms with Gasteiger partial charge in [-0.1, -0.05) is 29.8 Å². The number of nitrogens with zero attached hydrogens (tertiary/aromatic N) is 4. The average molecular weight is 488 g/mol. The second kappa shape index (κ2) is 8.90. The first kappa shape index (κ1) is 23.2. The Balaban J connectivity index is 1.37. The Kier molecular flexibility index (Phi) is 5.90. The van der Waals surface area contributed by atoms with Crippen molar-refractivity contribution >= 4 is 17.4 Å². The number of hydrogen-bond acceptors (Lipinski definition) is 4. The Morgan fingerprint density at radius 2 is 1.66 bits per heavy atom. The third kappa shape index (κ3) is 4.56. The molecule has 1 fully saturated rings. The lowest BCUT2D eigenvalue weighted by atomic mass is 9.96. The largest absolute Gasteiger partial charge is 0.410 e. The second-order valence-electron chi connectivity index (χ2n) is 9.01. The summed E-state index contributed by atoms with van der Waals surface area (Å²) in [5, 5.41) is 7.12. The lowest BCUT2D eigenvalue weighted by Crippen LogP contribution is -2.49. The number of alkyl halides is 3. The van der Waals surface area contributed by atoms with Gasteiger partial charge < -0.3 is 15.1 Å². The summed E-state index contributed by atoms with van der Waals surface area (Å²) in [6.45, 7) is 3.77. The lowest BCUT2D eigenvalue weighted by Gasteiger charge is -2.37. The fourth-order valence-corrected chi connectivity index (χ4v) is 4.73. The molecule has 2 atom stereocenters. The molecule has 2 aliphatic rings. The van der Waals surface area contributed by atoms with Crippen LogP contribution >= 0.6 is 0 Å². The van der Waals surface area contributed by atoms with E-state index in [1.807, 2.05) is 36.1 Å². The van der Waals surface area contributed by atoms with Gasteiger partial charge in [0.1, 0.15) is 17.2 Å². The Bertz CT molecular complexity index is 1200. The van der Waals surface area contributed by atoms with Crippen LogP contribution in [0.25, 0.3) is 0 Å². The molecule has 184 valence electrons. The van der Waals surface area contributed by atoms with Gasteiger partial charge in [-0.3, -0.25) is 4.79 Å². The second-order valence-corrected chi connectivity index (χ2v) is 9.01. The molecular weight excluding hydrogens is 462 g/mol. The predicted octanol–water partition coefficient (Wildman–Crippen LogP) is 4.95. The molecule has 1 amide bonds. The number of halogens is 4. The standard InChI is InChI=1S/C25H25F4N5O/c1-16-2-4-17(5-3-16)21-14-22(25(27,28)29)34-23(31-21)20(15-30-34)24(35)33-12-10-32(11-13-33)19-8-6-18(26)7-9-19/h2-9,15,21-22,31H,10-14H2,1H3. The highest BCUT2D eigenvalue weighted by atomic mass is 19.4. The van der Waals surface area contributed by atoms with E-state index in [1.165, 1.54) is 18.3 Å². The van der Waals surface area contributed by atoms with Crippen LogP contribution in [-0.2, 0) is 0 Å². The number of fused-ring (bicyclic) bond motifs is 1. The van der Waals surface area contributed by atoms with E-state index in [0.717, 1.165) is 21.5 Å². The number of anilines is 2. The third-order valence-corrected chi connectivity index (χ3v) is 6.71. The van der Waals surface area contributed by atoms with Crippen molar-refractivity contribution in [2.45, 2.75) is 31.6 Å². The minimum Gasteiger partial charge on any atom is -0.368 e. The van der Waals surface area contributed by atoms with Gasteiger partial charge in [-0.25, -0.2) is 9.07 Å². The Hall–Kier alpha value is -3.56. The van der Waals surface area contributed by atoms with Crippen molar-refractivity contribution in [3.8, 4) is 0 Å². The van der Waals surface area contributed by atoms with Crippen molar-refractivity contribution in [3.63, 3.8) is 0 Å². The minimum atomic E-state index is -4.51. The first-order chi connectivity index (χ1) is 16.7. The first-order valence-electron chi connectivity index (χ1n) is 11.5. The van der Waals surface area contributed by atoms with Crippen molar-refractivity contribution < 1.29 is 22.4 Å². The van der Waals surface area contributed by atoms with Gasteiger partial charge in [-0.2, -0.15) is 18.3 Å². The van der Waals surface area contributed by atoms with Gasteiger partial charge >= 0.3 is 6.18 Å². The van der Waals surface area contributed by atoms with E-state index in [-0.39, 0.29) is 29.5 Å². The van der Waals surface area contributed by atoms with Crippen molar-refractivity contribution in [2.24, 2.45) is 0 Å². The van der Waals surface area contributed by atoms with Crippen molar-refractivity contribution in [1.82, 2.24) is 14.7 Å². The maximum atomic E-state index is 14.0. The molecule has 1 saturated heterocycles. The molecular formula is C25H25F4N5O. The topological polar surface area (TPSA) is 53.4 Å². The molecule has 2 unspecified atom stereocenters. The van der Waals surface area contributed by atoms with E-state index < -0.39 is 18.3 Å². The molecule has 0 radical (unpaired) electrons. The van der Waals surface area contributed by atoms with Crippen molar-refractivity contribution in [3.05, 3.63) is 77.2 Å². The van der Waals surface area contributed by atoms with Gasteiger partial charge in [0.2, 0.25) is 0 Å². The Morgan fingerprint density at radius 3 is 2.29 bits per heavy atom. The van der Waals surface area contributed by atoms with Crippen LogP contribution in [0.3, 0.4) is 0 Å². The highest BCUT2D eigenvalue weighted by Crippen LogP contribution is 2.44. The number of rotatable bonds is 3. The molecule has 3 aromatic rings. The van der Waals surface area contributed by atoms with Crippen molar-refractivity contribution in [2.75, 3.05) is 36.4 Å². The monoisotopic (exact) mass is 487 g/mol. The van der Waals surface area contributed by atoms with E-state index in [1.54, 1.807) is 17.0 Å². The zero-order chi connectivity index (χ0) is 24.7. The van der Waals surface area contributed by atoms with Crippen LogP contribution in [0.5, 0.6) is 0 Å². The van der Waals surface area contributed by atoms with E-state index >= 15 is 0 Å². The molecule has 1 aromatic heterocycles. The number of amides is 1. The van der Waals surface area contributed by atoms with Gasteiger partial charge in [-0.15, -0.1) is 0 Å². The summed E-state index contributed by atoms with van der Waals surface area (Å²) < 4.78 is 56.0. The molecule has 0 bridgehead atoms. The van der Waals surface area contributed by atoms with E-state index in [9.17, 15) is 22.4 Å². The number of piperazine rings is 1. The van der Waals surface area contributed by atoms with E-state index in [4.69, 9.17) is 0 Å². The van der Waals surface area contributed by atoms with Crippen LogP contribution < -0.4 is 10.2 Å². The predicted molar refractivity (Wildman–Crippen MR) is 124 cm³/mol. The van der Waals surface area contributed by atoms with Crippen LogP contribution in [0, 0.1) is 12.7 Å². The molecule has 2 aliphatic heterocycles. The van der Waals surface area contributed by atoms with Crippen LogP contribution in [0.15, 0.2) is 54.7 Å². The number of aromatic nitrogens is 2. The van der Waals surface area contributed by atoms with Crippen LogP contribution in [-0.4, -0.2) is 52.9 Å². The van der Waals surface area contributed by atoms with Gasteiger partial charge in [-0.05, 0) is 36.8 Å². The molecule has 6 nitrogen and oxygen atoms in total. The quantitative estimate of drug-likeness (QED) is 0.531. The molecule has 0 aliphatic carbocycles. The maximum Gasteiger partial charge on any atom is 0.410 e. The van der Waals surface area contributed by atoms with Crippen LogP contribution in [0.1, 0.15) is 40.0 Å².